The van der Waals surface area contributed by atoms with E-state index in [4.69, 9.17) is 0 Å². The summed E-state index contributed by atoms with van der Waals surface area (Å²) < 4.78 is 0. The number of nitrogens with one attached hydrogen (secondary N) is 2. The van der Waals surface area contributed by atoms with Gasteiger partial charge in [0, 0.05) is 31.1 Å². The van der Waals surface area contributed by atoms with Crippen LogP contribution in [0, 0.1) is 0 Å². The molecule has 34 heavy (non-hydrogen) atoms. The fourth-order valence-corrected chi connectivity index (χ4v) is 5.77. The fraction of sp³-hybridized carbons (Fsp3) is 0.417. The Hall–Kier alpha value is -2.86. The van der Waals surface area contributed by atoms with Gasteiger partial charge < -0.3 is 41.3 Å². The Morgan fingerprint density at radius 1 is 0.882 bits per heavy atom. The van der Waals surface area contributed by atoms with Crippen molar-refractivity contribution in [2.24, 2.45) is 0 Å². The molecule has 3 unspecified atom stereocenters. The second-order valence-corrected chi connectivity index (χ2v) is 8.87. The first-order valence-corrected chi connectivity index (χ1v) is 10.8. The van der Waals surface area contributed by atoms with Crippen molar-refractivity contribution < 1.29 is 40.2 Å². The number of fused-ring (bicyclic) bond motifs is 1. The van der Waals surface area contributed by atoms with Crippen molar-refractivity contribution in [3.63, 3.8) is 0 Å². The van der Waals surface area contributed by atoms with Gasteiger partial charge in [-0.1, -0.05) is 24.3 Å². The summed E-state index contributed by atoms with van der Waals surface area (Å²) in [5.41, 5.74) is -5.89. The molecule has 2 aliphatic carbocycles. The van der Waals surface area contributed by atoms with Gasteiger partial charge in [0.05, 0.1) is 18.6 Å². The summed E-state index contributed by atoms with van der Waals surface area (Å²) in [6, 6.07) is 11.7. The quantitative estimate of drug-likeness (QED) is 0.243. The molecule has 0 bridgehead atoms. The van der Waals surface area contributed by atoms with Crippen molar-refractivity contribution in [1.82, 2.24) is 10.6 Å². The highest BCUT2D eigenvalue weighted by molar-refractivity contribution is 5.94. The van der Waals surface area contributed by atoms with Crippen molar-refractivity contribution in [2.75, 3.05) is 20.7 Å². The molecule has 7 atom stereocenters. The summed E-state index contributed by atoms with van der Waals surface area (Å²) in [5, 5.41) is 70.8. The molecule has 0 aliphatic heterocycles. The summed E-state index contributed by atoms with van der Waals surface area (Å²) in [5.74, 6) is -3.29. The van der Waals surface area contributed by atoms with E-state index in [0.717, 1.165) is 0 Å². The molecule has 10 heteroatoms. The van der Waals surface area contributed by atoms with E-state index in [0.29, 0.717) is 16.7 Å². The van der Waals surface area contributed by atoms with E-state index in [1.807, 2.05) is 0 Å². The molecule has 182 valence electrons. The third kappa shape index (κ3) is 2.78. The lowest BCUT2D eigenvalue weighted by Crippen LogP contribution is -2.99. The zero-order valence-corrected chi connectivity index (χ0v) is 18.6. The maximum Gasteiger partial charge on any atom is 0.251 e. The molecule has 0 radical (unpaired) electrons. The van der Waals surface area contributed by atoms with Crippen LogP contribution in [0.1, 0.15) is 43.7 Å². The highest BCUT2D eigenvalue weighted by atomic mass is 16.5. The zero-order chi connectivity index (χ0) is 25.1. The predicted octanol–water partition coefficient (Wildman–Crippen LogP) is -1.79. The highest BCUT2D eigenvalue weighted by Crippen LogP contribution is 2.75. The van der Waals surface area contributed by atoms with Crippen LogP contribution in [0.3, 0.4) is 0 Å². The minimum Gasteiger partial charge on any atom is -0.394 e. The Bertz CT molecular complexity index is 1100. The number of amides is 2. The fourth-order valence-electron chi connectivity index (χ4n) is 5.77. The Morgan fingerprint density at radius 2 is 1.32 bits per heavy atom. The lowest BCUT2D eigenvalue weighted by atomic mass is 9.30. The number of hydrogen-bond donors (Lipinski definition) is 8. The van der Waals surface area contributed by atoms with Crippen LogP contribution >= 0.6 is 0 Å². The zero-order valence-electron chi connectivity index (χ0n) is 18.6. The Kier molecular flexibility index (Phi) is 5.80. The molecule has 2 fully saturated rings. The summed E-state index contributed by atoms with van der Waals surface area (Å²) >= 11 is 0. The van der Waals surface area contributed by atoms with E-state index in [1.165, 1.54) is 62.6 Å². The van der Waals surface area contributed by atoms with Gasteiger partial charge in [-0.05, 0) is 35.4 Å². The largest absolute Gasteiger partial charge is 0.394 e. The summed E-state index contributed by atoms with van der Waals surface area (Å²) in [6.07, 6.45) is -3.40. The van der Waals surface area contributed by atoms with Crippen LogP contribution in [0.5, 0.6) is 0 Å². The van der Waals surface area contributed by atoms with Crippen molar-refractivity contribution in [3.8, 4) is 0 Å². The first-order chi connectivity index (χ1) is 16.0. The molecular weight excluding hydrogens is 444 g/mol. The average molecular weight is 472 g/mol. The van der Waals surface area contributed by atoms with Gasteiger partial charge in [-0.25, -0.2) is 0 Å². The summed E-state index contributed by atoms with van der Waals surface area (Å²) in [7, 11) is 2.94. The average Bonchev–Trinajstić information content (AvgIpc) is 2.87. The number of benzene rings is 2. The van der Waals surface area contributed by atoms with E-state index < -0.39 is 47.5 Å². The molecule has 2 amide bonds. The maximum atomic E-state index is 11.9. The van der Waals surface area contributed by atoms with Gasteiger partial charge in [0.1, 0.15) is 22.9 Å². The van der Waals surface area contributed by atoms with Gasteiger partial charge in [0.15, 0.2) is 0 Å². The predicted molar refractivity (Wildman–Crippen MR) is 119 cm³/mol. The molecule has 2 aromatic rings. The molecule has 2 aromatic carbocycles. The van der Waals surface area contributed by atoms with Crippen LogP contribution in [0.15, 0.2) is 48.5 Å². The number of hydrogen-bond acceptors (Lipinski definition) is 8. The van der Waals surface area contributed by atoms with Crippen LogP contribution in [-0.2, 0) is 0 Å². The van der Waals surface area contributed by atoms with Crippen molar-refractivity contribution in [3.05, 3.63) is 70.8 Å². The lowest BCUT2D eigenvalue weighted by Gasteiger charge is -2.80. The second-order valence-electron chi connectivity index (χ2n) is 8.87. The smallest absolute Gasteiger partial charge is 0.251 e. The van der Waals surface area contributed by atoms with Gasteiger partial charge >= 0.3 is 0 Å². The van der Waals surface area contributed by atoms with Crippen LogP contribution < -0.4 is 10.6 Å². The summed E-state index contributed by atoms with van der Waals surface area (Å²) in [6.45, 7) is -0.917. The van der Waals surface area contributed by atoms with Gasteiger partial charge in [-0.3, -0.25) is 9.59 Å². The van der Waals surface area contributed by atoms with E-state index >= 15 is 0 Å². The molecule has 4 rings (SSSR count). The number of aliphatic hydroxyl groups is 6. The molecule has 10 nitrogen and oxygen atoms in total. The summed E-state index contributed by atoms with van der Waals surface area (Å²) in [4.78, 5) is 23.7. The molecule has 2 aliphatic rings. The van der Waals surface area contributed by atoms with E-state index in [1.54, 1.807) is 0 Å². The lowest BCUT2D eigenvalue weighted by molar-refractivity contribution is -0.459. The topological polar surface area (TPSA) is 180 Å². The normalized spacial score (nSPS) is 34.8. The number of aliphatic hydroxyl groups excluding tert-OH is 3. The monoisotopic (exact) mass is 472 g/mol. The minimum absolute atomic E-state index is 0.252. The van der Waals surface area contributed by atoms with Crippen LogP contribution in [0.4, 0.5) is 0 Å². The minimum atomic E-state index is -2.44. The van der Waals surface area contributed by atoms with Gasteiger partial charge in [0.25, 0.3) is 11.8 Å². The molecule has 8 N–H and O–H groups in total. The third-order valence-corrected chi connectivity index (χ3v) is 7.49. The Labute approximate surface area is 195 Å². The molecule has 0 heterocycles. The van der Waals surface area contributed by atoms with Crippen molar-refractivity contribution in [1.29, 1.82) is 0 Å². The van der Waals surface area contributed by atoms with E-state index in [2.05, 4.69) is 10.6 Å². The van der Waals surface area contributed by atoms with Gasteiger partial charge in [-0.2, -0.15) is 0 Å². The third-order valence-electron chi connectivity index (χ3n) is 7.49. The molecule has 0 aromatic heterocycles. The van der Waals surface area contributed by atoms with Crippen LogP contribution in [0.25, 0.3) is 0 Å². The number of carbonyl (C=O) groups is 2. The maximum absolute atomic E-state index is 11.9. The molecular formula is C24H28N2O8. The Balaban J connectivity index is 1.76. The van der Waals surface area contributed by atoms with Crippen LogP contribution in [-0.4, -0.2) is 92.2 Å². The van der Waals surface area contributed by atoms with Gasteiger partial charge in [0.2, 0.25) is 0 Å². The van der Waals surface area contributed by atoms with Crippen molar-refractivity contribution in [2.45, 2.75) is 40.8 Å². The highest BCUT2D eigenvalue weighted by Gasteiger charge is 2.93. The molecule has 0 spiro atoms. The van der Waals surface area contributed by atoms with E-state index in [9.17, 15) is 40.2 Å². The second kappa shape index (κ2) is 8.12. The Morgan fingerprint density at radius 3 is 1.74 bits per heavy atom. The van der Waals surface area contributed by atoms with Gasteiger partial charge in [-0.15, -0.1) is 0 Å². The first kappa shape index (κ1) is 24.3. The molecule has 0 saturated heterocycles. The number of carbonyl (C=O) groups excluding carboxylic acids is 2. The van der Waals surface area contributed by atoms with E-state index in [-0.39, 0.29) is 17.4 Å². The number of rotatable bonds is 6. The van der Waals surface area contributed by atoms with Crippen molar-refractivity contribution >= 4 is 11.8 Å². The van der Waals surface area contributed by atoms with Crippen LogP contribution in [0.2, 0.25) is 0 Å². The molecule has 2 saturated carbocycles. The first-order valence-electron chi connectivity index (χ1n) is 10.8. The SMILES string of the molecule is CNC(=O)c1ccc(C2C(O)[C@@]3(O)C(c4ccc(C(=O)NC)cc4)[C@@](O)([C@H](O)CO)[C@@]23O)cc1. The standard InChI is InChI=1S/C24H28N2O8/c1-25-20(30)14-7-3-12(4-8-14)17-19(29)23(33)18(22(32,16(28)11-27)24(17,23)34)13-5-9-15(10-6-13)21(31)26-2/h3-10,16-19,27-29,32-34H,11H2,1-2H3,(H,25,30)(H,26,31)/t16-,17?,18?,19?,22+,23+,24+/m1/s1.